The van der Waals surface area contributed by atoms with Crippen LogP contribution in [0.15, 0.2) is 35.7 Å². The summed E-state index contributed by atoms with van der Waals surface area (Å²) in [6.07, 6.45) is -0.594. The number of nitrogens with one attached hydrogen (secondary N) is 1. The van der Waals surface area contributed by atoms with Gasteiger partial charge in [-0.25, -0.2) is 0 Å². The van der Waals surface area contributed by atoms with Gasteiger partial charge >= 0.3 is 0 Å². The molecule has 0 aliphatic rings. The Morgan fingerprint density at radius 2 is 2.21 bits per heavy atom. The molecule has 0 bridgehead atoms. The van der Waals surface area contributed by atoms with Crippen LogP contribution in [-0.4, -0.2) is 18.1 Å². The van der Waals surface area contributed by atoms with Crippen molar-refractivity contribution in [2.75, 3.05) is 12.4 Å². The van der Waals surface area contributed by atoms with E-state index in [-0.39, 0.29) is 5.91 Å². The number of hydrogen-bond donors (Lipinski definition) is 2. The van der Waals surface area contributed by atoms with Gasteiger partial charge in [-0.2, -0.15) is 0 Å². The van der Waals surface area contributed by atoms with Gasteiger partial charge in [0.05, 0.1) is 23.8 Å². The smallest absolute Gasteiger partial charge is 0.265 e. The quantitative estimate of drug-likeness (QED) is 0.903. The summed E-state index contributed by atoms with van der Waals surface area (Å²) in [6, 6.07) is 8.79. The van der Waals surface area contributed by atoms with Gasteiger partial charge in [-0.3, -0.25) is 4.79 Å². The predicted octanol–water partition coefficient (Wildman–Crippen LogP) is 3.06. The van der Waals surface area contributed by atoms with E-state index in [2.05, 4.69) is 5.32 Å². The molecule has 1 atom stereocenters. The highest BCUT2D eigenvalue weighted by molar-refractivity contribution is 7.12. The van der Waals surface area contributed by atoms with Crippen molar-refractivity contribution in [2.45, 2.75) is 13.0 Å². The number of methoxy groups -OCH3 is 1. The molecule has 0 radical (unpaired) electrons. The molecular formula is C14H15NO3S. The Bertz CT molecular complexity index is 564. The van der Waals surface area contributed by atoms with Crippen molar-refractivity contribution in [3.05, 3.63) is 46.2 Å². The third-order valence-corrected chi connectivity index (χ3v) is 3.57. The van der Waals surface area contributed by atoms with Gasteiger partial charge in [0.25, 0.3) is 5.91 Å². The Hall–Kier alpha value is -1.85. The molecule has 1 amide bonds. The molecule has 0 unspecified atom stereocenters. The number of anilines is 1. The van der Waals surface area contributed by atoms with Crippen molar-refractivity contribution in [3.8, 4) is 5.75 Å². The van der Waals surface area contributed by atoms with Crippen LogP contribution in [0.25, 0.3) is 0 Å². The van der Waals surface area contributed by atoms with Crippen LogP contribution in [0.2, 0.25) is 0 Å². The molecule has 19 heavy (non-hydrogen) atoms. The molecule has 1 aromatic heterocycles. The molecule has 2 aromatic rings. The fourth-order valence-electron chi connectivity index (χ4n) is 1.67. The average molecular weight is 277 g/mol. The minimum Gasteiger partial charge on any atom is -0.495 e. The number of thiophene rings is 1. The standard InChI is InChI=1S/C14H15NO3S/c1-9(16)10-5-6-12(18-2)11(8-10)15-14(17)13-4-3-7-19-13/h3-9,16H,1-2H3,(H,15,17)/t9-/m0/s1. The number of hydrogen-bond acceptors (Lipinski definition) is 4. The first-order valence-corrected chi connectivity index (χ1v) is 6.70. The molecule has 0 spiro atoms. The molecule has 0 saturated carbocycles. The van der Waals surface area contributed by atoms with Crippen LogP contribution >= 0.6 is 11.3 Å². The lowest BCUT2D eigenvalue weighted by Crippen LogP contribution is -2.11. The summed E-state index contributed by atoms with van der Waals surface area (Å²) in [4.78, 5) is 12.6. The van der Waals surface area contributed by atoms with Crippen LogP contribution in [-0.2, 0) is 0 Å². The van der Waals surface area contributed by atoms with Crippen LogP contribution in [0.4, 0.5) is 5.69 Å². The molecule has 5 heteroatoms. The van der Waals surface area contributed by atoms with Crippen molar-refractivity contribution in [2.24, 2.45) is 0 Å². The van der Waals surface area contributed by atoms with Crippen molar-refractivity contribution in [3.63, 3.8) is 0 Å². The Kier molecular flexibility index (Phi) is 4.19. The van der Waals surface area contributed by atoms with E-state index >= 15 is 0 Å². The lowest BCUT2D eigenvalue weighted by molar-refractivity contribution is 0.103. The van der Waals surface area contributed by atoms with Crippen molar-refractivity contribution in [1.82, 2.24) is 0 Å². The highest BCUT2D eigenvalue weighted by Crippen LogP contribution is 2.28. The average Bonchev–Trinajstić information content (AvgIpc) is 2.92. The number of carbonyl (C=O) groups is 1. The fraction of sp³-hybridized carbons (Fsp3) is 0.214. The zero-order valence-electron chi connectivity index (χ0n) is 10.7. The molecule has 1 aromatic carbocycles. The van der Waals surface area contributed by atoms with Gasteiger partial charge < -0.3 is 15.2 Å². The molecule has 0 aliphatic carbocycles. The van der Waals surface area contributed by atoms with Gasteiger partial charge in [0, 0.05) is 0 Å². The molecule has 2 N–H and O–H groups in total. The third kappa shape index (κ3) is 3.13. The summed E-state index contributed by atoms with van der Waals surface area (Å²) in [6.45, 7) is 1.67. The summed E-state index contributed by atoms with van der Waals surface area (Å²) in [5, 5.41) is 14.2. The molecule has 0 aliphatic heterocycles. The zero-order valence-corrected chi connectivity index (χ0v) is 11.5. The molecular weight excluding hydrogens is 262 g/mol. The summed E-state index contributed by atoms with van der Waals surface area (Å²) >= 11 is 1.37. The molecule has 2 rings (SSSR count). The molecule has 1 heterocycles. The summed E-state index contributed by atoms with van der Waals surface area (Å²) < 4.78 is 5.21. The summed E-state index contributed by atoms with van der Waals surface area (Å²) in [5.74, 6) is 0.380. The SMILES string of the molecule is COc1ccc([C@H](C)O)cc1NC(=O)c1cccs1. The number of aliphatic hydroxyl groups is 1. The maximum atomic E-state index is 12.0. The number of benzene rings is 1. The van der Waals surface area contributed by atoms with Gasteiger partial charge in [-0.1, -0.05) is 12.1 Å². The number of rotatable bonds is 4. The Balaban J connectivity index is 2.27. The zero-order chi connectivity index (χ0) is 13.8. The van der Waals surface area contributed by atoms with Crippen LogP contribution < -0.4 is 10.1 Å². The van der Waals surface area contributed by atoms with Gasteiger partial charge in [0.15, 0.2) is 0 Å². The summed E-state index contributed by atoms with van der Waals surface area (Å²) in [7, 11) is 1.54. The first-order chi connectivity index (χ1) is 9.11. The van der Waals surface area contributed by atoms with Crippen molar-refractivity contribution >= 4 is 22.9 Å². The highest BCUT2D eigenvalue weighted by atomic mass is 32.1. The van der Waals surface area contributed by atoms with Gasteiger partial charge in [-0.15, -0.1) is 11.3 Å². The van der Waals surface area contributed by atoms with E-state index in [0.717, 1.165) is 5.56 Å². The predicted molar refractivity (Wildman–Crippen MR) is 75.9 cm³/mol. The van der Waals surface area contributed by atoms with Crippen LogP contribution in [0.1, 0.15) is 28.3 Å². The van der Waals surface area contributed by atoms with Gasteiger partial charge in [0.1, 0.15) is 5.75 Å². The Morgan fingerprint density at radius 1 is 1.42 bits per heavy atom. The third-order valence-electron chi connectivity index (χ3n) is 2.70. The van der Waals surface area contributed by atoms with Crippen molar-refractivity contribution < 1.29 is 14.6 Å². The summed E-state index contributed by atoms with van der Waals surface area (Å²) in [5.41, 5.74) is 1.28. The number of amides is 1. The van der Waals surface area contributed by atoms with E-state index in [0.29, 0.717) is 16.3 Å². The number of aliphatic hydroxyl groups excluding tert-OH is 1. The topological polar surface area (TPSA) is 58.6 Å². The second-order valence-electron chi connectivity index (χ2n) is 4.07. The fourth-order valence-corrected chi connectivity index (χ4v) is 2.29. The van der Waals surface area contributed by atoms with E-state index in [9.17, 15) is 9.90 Å². The highest BCUT2D eigenvalue weighted by Gasteiger charge is 2.12. The van der Waals surface area contributed by atoms with E-state index in [4.69, 9.17) is 4.74 Å². The molecule has 0 fully saturated rings. The first kappa shape index (κ1) is 13.6. The normalized spacial score (nSPS) is 11.9. The van der Waals surface area contributed by atoms with E-state index in [1.54, 1.807) is 31.2 Å². The van der Waals surface area contributed by atoms with E-state index < -0.39 is 6.10 Å². The monoisotopic (exact) mass is 277 g/mol. The minimum atomic E-state index is -0.594. The largest absolute Gasteiger partial charge is 0.495 e. The van der Waals surface area contributed by atoms with Crippen LogP contribution in [0, 0.1) is 0 Å². The van der Waals surface area contributed by atoms with E-state index in [1.807, 2.05) is 11.4 Å². The molecule has 100 valence electrons. The molecule has 4 nitrogen and oxygen atoms in total. The maximum Gasteiger partial charge on any atom is 0.265 e. The van der Waals surface area contributed by atoms with Crippen LogP contribution in [0.5, 0.6) is 5.75 Å². The van der Waals surface area contributed by atoms with Crippen molar-refractivity contribution in [1.29, 1.82) is 0 Å². The number of ether oxygens (including phenoxy) is 1. The second kappa shape index (κ2) is 5.86. The Morgan fingerprint density at radius 3 is 2.79 bits per heavy atom. The first-order valence-electron chi connectivity index (χ1n) is 5.82. The Labute approximate surface area is 115 Å². The lowest BCUT2D eigenvalue weighted by Gasteiger charge is -2.12. The number of carbonyl (C=O) groups excluding carboxylic acids is 1. The van der Waals surface area contributed by atoms with E-state index in [1.165, 1.54) is 18.4 Å². The van der Waals surface area contributed by atoms with Gasteiger partial charge in [0.2, 0.25) is 0 Å². The second-order valence-corrected chi connectivity index (χ2v) is 5.01. The maximum absolute atomic E-state index is 12.0. The van der Waals surface area contributed by atoms with Crippen LogP contribution in [0.3, 0.4) is 0 Å². The lowest BCUT2D eigenvalue weighted by atomic mass is 10.1. The molecule has 0 saturated heterocycles. The van der Waals surface area contributed by atoms with Gasteiger partial charge in [-0.05, 0) is 36.1 Å². The minimum absolute atomic E-state index is 0.184.